The number of nitrogens with one attached hydrogen (secondary N) is 2. The lowest BCUT2D eigenvalue weighted by Crippen LogP contribution is -2.35. The van der Waals surface area contributed by atoms with Gasteiger partial charge in [0.1, 0.15) is 5.82 Å². The van der Waals surface area contributed by atoms with Crippen LogP contribution in [0.2, 0.25) is 0 Å². The molecule has 0 radical (unpaired) electrons. The highest BCUT2D eigenvalue weighted by atomic mass is 35.5. The van der Waals surface area contributed by atoms with Crippen LogP contribution in [0.15, 0.2) is 36.5 Å². The van der Waals surface area contributed by atoms with Crippen LogP contribution in [0.1, 0.15) is 37.1 Å². The Labute approximate surface area is 166 Å². The van der Waals surface area contributed by atoms with Crippen molar-refractivity contribution in [3.63, 3.8) is 0 Å². The van der Waals surface area contributed by atoms with E-state index in [1.165, 1.54) is 12.1 Å². The number of alkyl halides is 3. The standard InChI is InChI=1S/C19H19F3N4.ClH.H2O/c1-11-8-13(6-7-23-11)18-24-10-17-16(26-18)9-15(25-17)12-2-4-14(5-3-12)19(20,21)22;;/h2-5,9-11,13,23,25H,6-8H2,1H3;1H;1H2. The van der Waals surface area contributed by atoms with Crippen LogP contribution in [-0.2, 0) is 6.18 Å². The number of nitrogens with zero attached hydrogens (tertiary/aromatic N) is 2. The first-order valence-corrected chi connectivity index (χ1v) is 8.67. The SMILES string of the molecule is CC1CC(c2ncc3[nH]c(-c4ccc(C(F)(F)F)cc4)cc3n2)CCN1.Cl.O. The molecule has 2 atom stereocenters. The number of rotatable bonds is 2. The summed E-state index contributed by atoms with van der Waals surface area (Å²) in [5.41, 5.74) is 2.34. The molecular formula is C19H22ClF3N4O. The fourth-order valence-corrected chi connectivity index (χ4v) is 3.49. The Morgan fingerprint density at radius 3 is 2.50 bits per heavy atom. The Kier molecular flexibility index (Phi) is 6.69. The van der Waals surface area contributed by atoms with Gasteiger partial charge in [-0.1, -0.05) is 12.1 Å². The van der Waals surface area contributed by atoms with Crippen LogP contribution < -0.4 is 5.32 Å². The van der Waals surface area contributed by atoms with E-state index >= 15 is 0 Å². The minimum atomic E-state index is -4.33. The second kappa shape index (κ2) is 8.46. The molecule has 2 unspecified atom stereocenters. The second-order valence-corrected chi connectivity index (χ2v) is 6.86. The van der Waals surface area contributed by atoms with Crippen molar-refractivity contribution in [2.45, 2.75) is 37.9 Å². The van der Waals surface area contributed by atoms with E-state index in [-0.39, 0.29) is 17.9 Å². The fraction of sp³-hybridized carbons (Fsp3) is 0.368. The van der Waals surface area contributed by atoms with E-state index in [1.54, 1.807) is 6.20 Å². The number of H-pyrrole nitrogens is 1. The first-order valence-electron chi connectivity index (χ1n) is 8.67. The van der Waals surface area contributed by atoms with Crippen molar-refractivity contribution in [2.75, 3.05) is 6.54 Å². The number of aromatic nitrogens is 3. The van der Waals surface area contributed by atoms with E-state index in [0.29, 0.717) is 17.5 Å². The van der Waals surface area contributed by atoms with Crippen LogP contribution >= 0.6 is 12.4 Å². The maximum atomic E-state index is 12.7. The first-order chi connectivity index (χ1) is 12.4. The zero-order valence-electron chi connectivity index (χ0n) is 15.2. The number of aromatic amines is 1. The average molecular weight is 415 g/mol. The molecule has 1 saturated heterocycles. The summed E-state index contributed by atoms with van der Waals surface area (Å²) in [6.07, 6.45) is -0.559. The molecule has 4 N–H and O–H groups in total. The lowest BCUT2D eigenvalue weighted by atomic mass is 9.92. The first kappa shape index (κ1) is 22.1. The van der Waals surface area contributed by atoms with E-state index in [4.69, 9.17) is 0 Å². The van der Waals surface area contributed by atoms with Crippen LogP contribution in [0.4, 0.5) is 13.2 Å². The van der Waals surface area contributed by atoms with Crippen molar-refractivity contribution in [1.29, 1.82) is 0 Å². The summed E-state index contributed by atoms with van der Waals surface area (Å²) in [6.45, 7) is 3.11. The maximum absolute atomic E-state index is 12.7. The number of hydrogen-bond donors (Lipinski definition) is 2. The quantitative estimate of drug-likeness (QED) is 0.662. The summed E-state index contributed by atoms with van der Waals surface area (Å²) in [5, 5.41) is 3.42. The molecule has 1 aliphatic rings. The molecule has 1 fully saturated rings. The van der Waals surface area contributed by atoms with Crippen LogP contribution in [-0.4, -0.2) is 33.0 Å². The summed E-state index contributed by atoms with van der Waals surface area (Å²) >= 11 is 0. The Hall–Kier alpha value is -2.16. The smallest absolute Gasteiger partial charge is 0.412 e. The maximum Gasteiger partial charge on any atom is 0.416 e. The normalized spacial score (nSPS) is 19.7. The fourth-order valence-electron chi connectivity index (χ4n) is 3.49. The van der Waals surface area contributed by atoms with Gasteiger partial charge in [-0.05, 0) is 50.1 Å². The highest BCUT2D eigenvalue weighted by molar-refractivity contribution is 5.85. The van der Waals surface area contributed by atoms with Crippen molar-refractivity contribution in [3.05, 3.63) is 47.9 Å². The van der Waals surface area contributed by atoms with Crippen LogP contribution in [0.25, 0.3) is 22.3 Å². The van der Waals surface area contributed by atoms with Gasteiger partial charge < -0.3 is 15.8 Å². The minimum Gasteiger partial charge on any atom is -0.412 e. The molecular weight excluding hydrogens is 393 g/mol. The third-order valence-corrected chi connectivity index (χ3v) is 4.90. The number of piperidine rings is 1. The lowest BCUT2D eigenvalue weighted by Gasteiger charge is -2.26. The number of halogens is 4. The van der Waals surface area contributed by atoms with Gasteiger partial charge in [0.2, 0.25) is 0 Å². The van der Waals surface area contributed by atoms with E-state index in [1.807, 2.05) is 6.07 Å². The predicted molar refractivity (Wildman–Crippen MR) is 105 cm³/mol. The predicted octanol–water partition coefficient (Wildman–Crippen LogP) is 4.10. The van der Waals surface area contributed by atoms with E-state index in [0.717, 1.165) is 54.1 Å². The van der Waals surface area contributed by atoms with Crippen molar-refractivity contribution >= 4 is 23.4 Å². The highest BCUT2D eigenvalue weighted by Gasteiger charge is 2.30. The van der Waals surface area contributed by atoms with Crippen LogP contribution in [0, 0.1) is 0 Å². The Morgan fingerprint density at radius 2 is 1.86 bits per heavy atom. The van der Waals surface area contributed by atoms with Gasteiger partial charge in [0.15, 0.2) is 0 Å². The van der Waals surface area contributed by atoms with Crippen molar-refractivity contribution in [3.8, 4) is 11.3 Å². The van der Waals surface area contributed by atoms with Gasteiger partial charge in [0, 0.05) is 17.7 Å². The molecule has 4 rings (SSSR count). The monoisotopic (exact) mass is 414 g/mol. The molecule has 0 bridgehead atoms. The summed E-state index contributed by atoms with van der Waals surface area (Å²) < 4.78 is 38.1. The zero-order valence-corrected chi connectivity index (χ0v) is 16.0. The Balaban J connectivity index is 0.00000140. The molecule has 28 heavy (non-hydrogen) atoms. The summed E-state index contributed by atoms with van der Waals surface area (Å²) in [6, 6.07) is 7.44. The van der Waals surface area contributed by atoms with Gasteiger partial charge in [0.25, 0.3) is 0 Å². The Morgan fingerprint density at radius 1 is 1.14 bits per heavy atom. The topological polar surface area (TPSA) is 85.1 Å². The average Bonchev–Trinajstić information content (AvgIpc) is 3.04. The molecule has 9 heteroatoms. The molecule has 3 heterocycles. The van der Waals surface area contributed by atoms with Gasteiger partial charge in [-0.2, -0.15) is 13.2 Å². The Bertz CT molecular complexity index is 927. The molecule has 3 aromatic rings. The van der Waals surface area contributed by atoms with E-state index in [9.17, 15) is 13.2 Å². The molecule has 0 saturated carbocycles. The molecule has 2 aromatic heterocycles. The third kappa shape index (κ3) is 4.45. The van der Waals surface area contributed by atoms with Gasteiger partial charge >= 0.3 is 6.18 Å². The van der Waals surface area contributed by atoms with E-state index in [2.05, 4.69) is 27.2 Å². The third-order valence-electron chi connectivity index (χ3n) is 4.90. The van der Waals surface area contributed by atoms with Crippen molar-refractivity contribution in [2.24, 2.45) is 0 Å². The van der Waals surface area contributed by atoms with E-state index < -0.39 is 11.7 Å². The second-order valence-electron chi connectivity index (χ2n) is 6.86. The number of fused-ring (bicyclic) bond motifs is 1. The molecule has 0 spiro atoms. The number of hydrogen-bond acceptors (Lipinski definition) is 3. The van der Waals surface area contributed by atoms with Gasteiger partial charge in [0.05, 0.1) is 22.8 Å². The summed E-state index contributed by atoms with van der Waals surface area (Å²) in [5.74, 6) is 1.17. The molecule has 5 nitrogen and oxygen atoms in total. The van der Waals surface area contributed by atoms with Gasteiger partial charge in [-0.25, -0.2) is 9.97 Å². The largest absolute Gasteiger partial charge is 0.416 e. The van der Waals surface area contributed by atoms with Crippen LogP contribution in [0.3, 0.4) is 0 Å². The van der Waals surface area contributed by atoms with Crippen molar-refractivity contribution in [1.82, 2.24) is 20.3 Å². The molecule has 152 valence electrons. The van der Waals surface area contributed by atoms with Crippen LogP contribution in [0.5, 0.6) is 0 Å². The zero-order chi connectivity index (χ0) is 18.3. The van der Waals surface area contributed by atoms with Gasteiger partial charge in [-0.15, -0.1) is 12.4 Å². The molecule has 1 aliphatic heterocycles. The summed E-state index contributed by atoms with van der Waals surface area (Å²) in [4.78, 5) is 12.4. The molecule has 0 aliphatic carbocycles. The van der Waals surface area contributed by atoms with Crippen molar-refractivity contribution < 1.29 is 18.6 Å². The molecule has 1 aromatic carbocycles. The lowest BCUT2D eigenvalue weighted by molar-refractivity contribution is -0.137. The number of benzene rings is 1. The van der Waals surface area contributed by atoms with Gasteiger partial charge in [-0.3, -0.25) is 0 Å². The highest BCUT2D eigenvalue weighted by Crippen LogP contribution is 2.32. The molecule has 0 amide bonds. The minimum absolute atomic E-state index is 0. The summed E-state index contributed by atoms with van der Waals surface area (Å²) in [7, 11) is 0.